The van der Waals surface area contributed by atoms with Crippen molar-refractivity contribution in [3.05, 3.63) is 64.5 Å². The van der Waals surface area contributed by atoms with Gasteiger partial charge in [-0.25, -0.2) is 4.79 Å². The summed E-state index contributed by atoms with van der Waals surface area (Å²) in [6, 6.07) is 7.60. The monoisotopic (exact) mass is 282 g/mol. The largest absolute Gasteiger partial charge is 0.478 e. The van der Waals surface area contributed by atoms with Gasteiger partial charge in [-0.3, -0.25) is 9.88 Å². The Labute approximate surface area is 124 Å². The summed E-state index contributed by atoms with van der Waals surface area (Å²) in [6.45, 7) is 4.68. The highest BCUT2D eigenvalue weighted by molar-refractivity contribution is 5.87. The summed E-state index contributed by atoms with van der Waals surface area (Å²) in [5.74, 6) is -0.863. The Hall–Kier alpha value is -2.20. The quantitative estimate of drug-likeness (QED) is 0.940. The van der Waals surface area contributed by atoms with Gasteiger partial charge in [0.1, 0.15) is 0 Å². The second kappa shape index (κ2) is 5.66. The molecule has 1 aromatic heterocycles. The first-order chi connectivity index (χ1) is 10.1. The molecule has 0 unspecified atom stereocenters. The van der Waals surface area contributed by atoms with E-state index >= 15 is 0 Å². The number of aromatic carboxylic acids is 1. The lowest BCUT2D eigenvalue weighted by atomic mass is 9.97. The van der Waals surface area contributed by atoms with Crippen LogP contribution in [-0.2, 0) is 19.5 Å². The lowest BCUT2D eigenvalue weighted by molar-refractivity contribution is 0.0696. The van der Waals surface area contributed by atoms with E-state index in [1.54, 1.807) is 12.1 Å². The van der Waals surface area contributed by atoms with Crippen LogP contribution < -0.4 is 0 Å². The van der Waals surface area contributed by atoms with Gasteiger partial charge < -0.3 is 5.11 Å². The Morgan fingerprint density at radius 1 is 1.29 bits per heavy atom. The third kappa shape index (κ3) is 3.11. The molecule has 0 atom stereocenters. The molecule has 1 aromatic carbocycles. The van der Waals surface area contributed by atoms with E-state index < -0.39 is 5.97 Å². The van der Waals surface area contributed by atoms with Gasteiger partial charge in [-0.1, -0.05) is 12.1 Å². The van der Waals surface area contributed by atoms with Gasteiger partial charge in [-0.15, -0.1) is 0 Å². The van der Waals surface area contributed by atoms with E-state index in [1.807, 2.05) is 25.4 Å². The fourth-order valence-electron chi connectivity index (χ4n) is 2.85. The molecule has 0 aliphatic carbocycles. The van der Waals surface area contributed by atoms with Crippen LogP contribution in [0.4, 0.5) is 0 Å². The number of carboxylic acids is 1. The van der Waals surface area contributed by atoms with Crippen molar-refractivity contribution in [3.63, 3.8) is 0 Å². The summed E-state index contributed by atoms with van der Waals surface area (Å²) in [7, 11) is 0. The lowest BCUT2D eigenvalue weighted by Crippen LogP contribution is -2.30. The second-order valence-corrected chi connectivity index (χ2v) is 5.62. The number of hydrogen-bond acceptors (Lipinski definition) is 3. The van der Waals surface area contributed by atoms with Crippen molar-refractivity contribution in [3.8, 4) is 0 Å². The molecule has 0 radical (unpaired) electrons. The molecule has 0 saturated carbocycles. The predicted molar refractivity (Wildman–Crippen MR) is 80.2 cm³/mol. The zero-order valence-electron chi connectivity index (χ0n) is 12.0. The van der Waals surface area contributed by atoms with Crippen LogP contribution in [-0.4, -0.2) is 27.5 Å². The highest BCUT2D eigenvalue weighted by Crippen LogP contribution is 2.22. The molecule has 0 spiro atoms. The number of fused-ring (bicyclic) bond motifs is 1. The van der Waals surface area contributed by atoms with Crippen LogP contribution in [0.2, 0.25) is 0 Å². The number of benzene rings is 1. The van der Waals surface area contributed by atoms with Gasteiger partial charge in [-0.2, -0.15) is 0 Å². The number of carbonyl (C=O) groups is 1. The van der Waals surface area contributed by atoms with Crippen LogP contribution in [0.15, 0.2) is 36.7 Å². The molecule has 0 fully saturated rings. The van der Waals surface area contributed by atoms with Crippen molar-refractivity contribution in [1.29, 1.82) is 0 Å². The first-order valence-corrected chi connectivity index (χ1v) is 7.10. The standard InChI is InChI=1S/C17H18N2O2/c1-12-6-13(9-18-8-12)10-19-5-4-14-2-3-15(17(20)21)7-16(14)11-19/h2-3,6-9H,4-5,10-11H2,1H3,(H,20,21). The fraction of sp³-hybridized carbons (Fsp3) is 0.294. The maximum Gasteiger partial charge on any atom is 0.335 e. The molecule has 1 aliphatic heterocycles. The smallest absolute Gasteiger partial charge is 0.335 e. The van der Waals surface area contributed by atoms with Gasteiger partial charge in [0.05, 0.1) is 5.56 Å². The maximum atomic E-state index is 11.1. The number of nitrogens with zero attached hydrogens (tertiary/aromatic N) is 2. The Kier molecular flexibility index (Phi) is 3.71. The number of carboxylic acid groups (broad SMARTS) is 1. The molecule has 3 rings (SSSR count). The molecule has 4 heteroatoms. The molecule has 4 nitrogen and oxygen atoms in total. The van der Waals surface area contributed by atoms with Crippen LogP contribution in [0.1, 0.15) is 32.6 Å². The molecule has 21 heavy (non-hydrogen) atoms. The van der Waals surface area contributed by atoms with Gasteiger partial charge in [0.25, 0.3) is 0 Å². The Bertz CT molecular complexity index is 682. The molecule has 0 amide bonds. The van der Waals surface area contributed by atoms with Gasteiger partial charge >= 0.3 is 5.97 Å². The molecule has 2 heterocycles. The minimum Gasteiger partial charge on any atom is -0.478 e. The normalized spacial score (nSPS) is 14.7. The van der Waals surface area contributed by atoms with Crippen LogP contribution in [0.3, 0.4) is 0 Å². The van der Waals surface area contributed by atoms with E-state index in [-0.39, 0.29) is 0 Å². The highest BCUT2D eigenvalue weighted by atomic mass is 16.4. The fourth-order valence-corrected chi connectivity index (χ4v) is 2.85. The molecular formula is C17H18N2O2. The van der Waals surface area contributed by atoms with Crippen molar-refractivity contribution in [1.82, 2.24) is 9.88 Å². The molecule has 2 aromatic rings. The number of aryl methyl sites for hydroxylation is 1. The van der Waals surface area contributed by atoms with E-state index in [4.69, 9.17) is 5.11 Å². The molecule has 1 N–H and O–H groups in total. The van der Waals surface area contributed by atoms with Crippen molar-refractivity contribution in [2.45, 2.75) is 26.4 Å². The molecule has 1 aliphatic rings. The number of rotatable bonds is 3. The minimum absolute atomic E-state index is 0.368. The zero-order chi connectivity index (χ0) is 14.8. The molecule has 108 valence electrons. The van der Waals surface area contributed by atoms with Gasteiger partial charge in [0, 0.05) is 32.0 Å². The minimum atomic E-state index is -0.863. The first-order valence-electron chi connectivity index (χ1n) is 7.10. The van der Waals surface area contributed by atoms with Crippen molar-refractivity contribution < 1.29 is 9.90 Å². The van der Waals surface area contributed by atoms with E-state index in [9.17, 15) is 4.79 Å². The van der Waals surface area contributed by atoms with Gasteiger partial charge in [0.2, 0.25) is 0 Å². The van der Waals surface area contributed by atoms with Gasteiger partial charge in [-0.05, 0) is 47.7 Å². The summed E-state index contributed by atoms with van der Waals surface area (Å²) in [5.41, 5.74) is 5.12. The Morgan fingerprint density at radius 2 is 2.14 bits per heavy atom. The van der Waals surface area contributed by atoms with Crippen LogP contribution >= 0.6 is 0 Å². The van der Waals surface area contributed by atoms with Crippen molar-refractivity contribution in [2.75, 3.05) is 6.54 Å². The third-order valence-corrected chi connectivity index (χ3v) is 3.88. The topological polar surface area (TPSA) is 53.4 Å². The zero-order valence-corrected chi connectivity index (χ0v) is 12.0. The summed E-state index contributed by atoms with van der Waals surface area (Å²) in [6.07, 6.45) is 4.72. The number of hydrogen-bond donors (Lipinski definition) is 1. The first kappa shape index (κ1) is 13.8. The van der Waals surface area contributed by atoms with Crippen LogP contribution in [0.25, 0.3) is 0 Å². The summed E-state index contributed by atoms with van der Waals surface area (Å²) >= 11 is 0. The van der Waals surface area contributed by atoms with E-state index in [1.165, 1.54) is 11.1 Å². The van der Waals surface area contributed by atoms with Crippen molar-refractivity contribution >= 4 is 5.97 Å². The number of aromatic nitrogens is 1. The summed E-state index contributed by atoms with van der Waals surface area (Å²) in [4.78, 5) is 17.6. The predicted octanol–water partition coefficient (Wildman–Crippen LogP) is 2.65. The SMILES string of the molecule is Cc1cncc(CN2CCc3ccc(C(=O)O)cc3C2)c1. The van der Waals surface area contributed by atoms with Crippen LogP contribution in [0, 0.1) is 6.92 Å². The molecule has 0 bridgehead atoms. The Morgan fingerprint density at radius 3 is 2.90 bits per heavy atom. The van der Waals surface area contributed by atoms with Crippen LogP contribution in [0.5, 0.6) is 0 Å². The van der Waals surface area contributed by atoms with E-state index in [0.717, 1.165) is 37.2 Å². The molecular weight excluding hydrogens is 264 g/mol. The van der Waals surface area contributed by atoms with E-state index in [0.29, 0.717) is 5.56 Å². The number of pyridine rings is 1. The summed E-state index contributed by atoms with van der Waals surface area (Å²) < 4.78 is 0. The highest BCUT2D eigenvalue weighted by Gasteiger charge is 2.18. The average molecular weight is 282 g/mol. The average Bonchev–Trinajstić information content (AvgIpc) is 2.46. The maximum absolute atomic E-state index is 11.1. The summed E-state index contributed by atoms with van der Waals surface area (Å²) in [5, 5.41) is 9.10. The Balaban J connectivity index is 1.77. The van der Waals surface area contributed by atoms with Gasteiger partial charge in [0.15, 0.2) is 0 Å². The van der Waals surface area contributed by atoms with Crippen molar-refractivity contribution in [2.24, 2.45) is 0 Å². The third-order valence-electron chi connectivity index (χ3n) is 3.88. The molecule has 0 saturated heterocycles. The lowest BCUT2D eigenvalue weighted by Gasteiger charge is -2.29. The second-order valence-electron chi connectivity index (χ2n) is 5.62. The van der Waals surface area contributed by atoms with E-state index in [2.05, 4.69) is 16.0 Å².